The van der Waals surface area contributed by atoms with Gasteiger partial charge < -0.3 is 15.7 Å². The summed E-state index contributed by atoms with van der Waals surface area (Å²) in [4.78, 5) is 11.4. The second kappa shape index (κ2) is 4.88. The van der Waals surface area contributed by atoms with E-state index in [1.807, 2.05) is 0 Å². The maximum Gasteiger partial charge on any atom is 0.237 e. The van der Waals surface area contributed by atoms with Gasteiger partial charge in [-0.1, -0.05) is 0 Å². The van der Waals surface area contributed by atoms with Gasteiger partial charge >= 0.3 is 0 Å². The fourth-order valence-corrected chi connectivity index (χ4v) is 1.74. The van der Waals surface area contributed by atoms with Crippen molar-refractivity contribution in [2.75, 3.05) is 18.8 Å². The molecule has 5 N–H and O–H groups in total. The lowest BCUT2D eigenvalue weighted by Crippen LogP contribution is -2.42. The van der Waals surface area contributed by atoms with Crippen molar-refractivity contribution in [3.05, 3.63) is 0 Å². The smallest absolute Gasteiger partial charge is 0.237 e. The first-order valence-electron chi connectivity index (χ1n) is 4.58. The predicted octanol–water partition coefficient (Wildman–Crippen LogP) is -2.89. The van der Waals surface area contributed by atoms with Crippen LogP contribution in [0.1, 0.15) is 6.42 Å². The van der Waals surface area contributed by atoms with Crippen LogP contribution in [0.15, 0.2) is 0 Å². The summed E-state index contributed by atoms with van der Waals surface area (Å²) in [5, 5.41) is 19.1. The molecule has 1 saturated heterocycles. The van der Waals surface area contributed by atoms with Gasteiger partial charge in [-0.2, -0.15) is 0 Å². The molecule has 0 radical (unpaired) electrons. The number of nitrogens with one attached hydrogen (secondary N) is 2. The average Bonchev–Trinajstić information content (AvgIpc) is 2.49. The van der Waals surface area contributed by atoms with E-state index in [-0.39, 0.29) is 18.2 Å². The van der Waals surface area contributed by atoms with Crippen LogP contribution in [0.4, 0.5) is 0 Å². The number of primary sulfonamides is 1. The van der Waals surface area contributed by atoms with Crippen LogP contribution in [-0.2, 0) is 14.8 Å². The van der Waals surface area contributed by atoms with E-state index in [1.165, 1.54) is 0 Å². The van der Waals surface area contributed by atoms with Crippen LogP contribution in [0, 0.1) is 0 Å². The molecule has 2 unspecified atom stereocenters. The molecule has 0 aromatic carbocycles. The molecule has 1 fully saturated rings. The third-order valence-electron chi connectivity index (χ3n) is 2.11. The summed E-state index contributed by atoms with van der Waals surface area (Å²) in [6.45, 7) is 0.374. The minimum atomic E-state index is -3.54. The van der Waals surface area contributed by atoms with Crippen LogP contribution in [-0.4, -0.2) is 50.4 Å². The molecule has 1 aliphatic heterocycles. The molecule has 1 amide bonds. The van der Waals surface area contributed by atoms with Crippen LogP contribution >= 0.6 is 0 Å². The summed E-state index contributed by atoms with van der Waals surface area (Å²) in [5.41, 5.74) is 0. The van der Waals surface area contributed by atoms with E-state index in [0.717, 1.165) is 0 Å². The Bertz CT molecular complexity index is 329. The van der Waals surface area contributed by atoms with Gasteiger partial charge in [0.05, 0.1) is 17.9 Å². The third-order valence-corrected chi connectivity index (χ3v) is 2.88. The maximum absolute atomic E-state index is 11.4. The molecule has 0 bridgehead atoms. The number of carbonyl (C=O) groups excluding carboxylic acids is 1. The number of aliphatic hydroxyl groups excluding tert-OH is 1. The molecule has 2 atom stereocenters. The summed E-state index contributed by atoms with van der Waals surface area (Å²) in [6, 6.07) is -0.444. The highest BCUT2D eigenvalue weighted by molar-refractivity contribution is 7.89. The molecule has 1 rings (SSSR count). The first kappa shape index (κ1) is 12.4. The summed E-state index contributed by atoms with van der Waals surface area (Å²) >= 11 is 0. The van der Waals surface area contributed by atoms with E-state index < -0.39 is 22.2 Å². The predicted molar refractivity (Wildman–Crippen MR) is 53.4 cm³/mol. The topological polar surface area (TPSA) is 122 Å². The fourth-order valence-electron chi connectivity index (χ4n) is 1.36. The first-order valence-corrected chi connectivity index (χ1v) is 6.29. The quantitative estimate of drug-likeness (QED) is 0.418. The molecule has 7 nitrogen and oxygen atoms in total. The number of nitrogens with two attached hydrogens (primary N) is 1. The summed E-state index contributed by atoms with van der Waals surface area (Å²) in [7, 11) is -3.54. The van der Waals surface area contributed by atoms with Crippen LogP contribution in [0.5, 0.6) is 0 Å². The Morgan fingerprint density at radius 2 is 2.27 bits per heavy atom. The van der Waals surface area contributed by atoms with Crippen LogP contribution in [0.25, 0.3) is 0 Å². The number of rotatable bonds is 4. The molecule has 1 aliphatic rings. The van der Waals surface area contributed by atoms with E-state index in [0.29, 0.717) is 13.0 Å². The largest absolute Gasteiger partial charge is 0.392 e. The van der Waals surface area contributed by atoms with Crippen LogP contribution in [0.2, 0.25) is 0 Å². The molecule has 0 aliphatic carbocycles. The molecular weight excluding hydrogens is 222 g/mol. The van der Waals surface area contributed by atoms with Gasteiger partial charge in [-0.25, -0.2) is 13.6 Å². The SMILES string of the molecule is NS(=O)(=O)CCNC(=O)C1CC(O)CN1. The second-order valence-electron chi connectivity index (χ2n) is 3.51. The molecule has 1 heterocycles. The minimum absolute atomic E-state index is 0.00799. The third kappa shape index (κ3) is 4.56. The minimum Gasteiger partial charge on any atom is -0.392 e. The van der Waals surface area contributed by atoms with E-state index >= 15 is 0 Å². The van der Waals surface area contributed by atoms with E-state index in [9.17, 15) is 13.2 Å². The second-order valence-corrected chi connectivity index (χ2v) is 5.24. The summed E-state index contributed by atoms with van der Waals surface area (Å²) < 4.78 is 21.1. The van der Waals surface area contributed by atoms with Gasteiger partial charge in [-0.15, -0.1) is 0 Å². The number of aliphatic hydroxyl groups is 1. The Labute approximate surface area is 88.1 Å². The average molecular weight is 237 g/mol. The molecular formula is C7H15N3O4S. The Hall–Kier alpha value is -0.700. The van der Waals surface area contributed by atoms with Crippen molar-refractivity contribution >= 4 is 15.9 Å². The Kier molecular flexibility index (Phi) is 4.03. The van der Waals surface area contributed by atoms with Gasteiger partial charge in [-0.05, 0) is 6.42 Å². The van der Waals surface area contributed by atoms with Gasteiger partial charge in [0.25, 0.3) is 0 Å². The molecule has 8 heteroatoms. The van der Waals surface area contributed by atoms with Crippen LogP contribution < -0.4 is 15.8 Å². The van der Waals surface area contributed by atoms with Crippen molar-refractivity contribution in [3.8, 4) is 0 Å². The highest BCUT2D eigenvalue weighted by atomic mass is 32.2. The monoisotopic (exact) mass is 237 g/mol. The van der Waals surface area contributed by atoms with Crippen molar-refractivity contribution in [2.24, 2.45) is 5.14 Å². The number of sulfonamides is 1. The van der Waals surface area contributed by atoms with Crippen molar-refractivity contribution in [1.29, 1.82) is 0 Å². The van der Waals surface area contributed by atoms with E-state index in [1.54, 1.807) is 0 Å². The van der Waals surface area contributed by atoms with Crippen molar-refractivity contribution in [1.82, 2.24) is 10.6 Å². The Morgan fingerprint density at radius 3 is 2.73 bits per heavy atom. The zero-order valence-corrected chi connectivity index (χ0v) is 8.96. The molecule has 0 saturated carbocycles. The van der Waals surface area contributed by atoms with Gasteiger partial charge in [-0.3, -0.25) is 4.79 Å². The molecule has 0 aromatic rings. The fraction of sp³-hybridized carbons (Fsp3) is 0.857. The maximum atomic E-state index is 11.4. The normalized spacial score (nSPS) is 26.5. The molecule has 88 valence electrons. The summed E-state index contributed by atoms with van der Waals surface area (Å²) in [5.74, 6) is -0.594. The van der Waals surface area contributed by atoms with Gasteiger partial charge in [0.15, 0.2) is 0 Å². The van der Waals surface area contributed by atoms with Gasteiger partial charge in [0.2, 0.25) is 15.9 Å². The molecule has 0 aromatic heterocycles. The lowest BCUT2D eigenvalue weighted by atomic mass is 10.2. The van der Waals surface area contributed by atoms with E-state index in [2.05, 4.69) is 10.6 Å². The Morgan fingerprint density at radius 1 is 1.60 bits per heavy atom. The Balaban J connectivity index is 2.25. The zero-order chi connectivity index (χ0) is 11.5. The highest BCUT2D eigenvalue weighted by Gasteiger charge is 2.27. The van der Waals surface area contributed by atoms with Crippen LogP contribution in [0.3, 0.4) is 0 Å². The standard InChI is InChI=1S/C7H15N3O4S/c8-15(13,14)2-1-9-7(12)6-3-5(11)4-10-6/h5-6,10-11H,1-4H2,(H,9,12)(H2,8,13,14). The van der Waals surface area contributed by atoms with Crippen molar-refractivity contribution < 1.29 is 18.3 Å². The number of amides is 1. The van der Waals surface area contributed by atoms with Gasteiger partial charge in [0.1, 0.15) is 0 Å². The first-order chi connectivity index (χ1) is 6.88. The zero-order valence-electron chi connectivity index (χ0n) is 8.14. The molecule has 15 heavy (non-hydrogen) atoms. The number of hydrogen-bond donors (Lipinski definition) is 4. The number of hydrogen-bond acceptors (Lipinski definition) is 5. The summed E-state index contributed by atoms with van der Waals surface area (Å²) in [6.07, 6.45) is -0.166. The van der Waals surface area contributed by atoms with Crippen molar-refractivity contribution in [3.63, 3.8) is 0 Å². The molecule has 0 spiro atoms. The van der Waals surface area contributed by atoms with Gasteiger partial charge in [0, 0.05) is 13.1 Å². The lowest BCUT2D eigenvalue weighted by molar-refractivity contribution is -0.122. The van der Waals surface area contributed by atoms with Crippen molar-refractivity contribution in [2.45, 2.75) is 18.6 Å². The lowest BCUT2D eigenvalue weighted by Gasteiger charge is -2.10. The van der Waals surface area contributed by atoms with E-state index in [4.69, 9.17) is 10.2 Å². The number of carbonyl (C=O) groups is 1. The highest BCUT2D eigenvalue weighted by Crippen LogP contribution is 2.05. The number of β-amino-alcohol motifs (C(OH)–C–C–N with tert-alkyl or cyclic N) is 1.